The zero-order valence-corrected chi connectivity index (χ0v) is 13.5. The Morgan fingerprint density at radius 3 is 2.71 bits per heavy atom. The van der Waals surface area contributed by atoms with Crippen molar-refractivity contribution in [1.82, 2.24) is 9.62 Å². The maximum absolute atomic E-state index is 12.7. The molecule has 1 aliphatic rings. The third kappa shape index (κ3) is 2.89. The Morgan fingerprint density at radius 2 is 2.00 bits per heavy atom. The van der Waals surface area contributed by atoms with E-state index in [-0.39, 0.29) is 0 Å². The second kappa shape index (κ2) is 5.88. The fourth-order valence-electron chi connectivity index (χ4n) is 2.56. The lowest BCUT2D eigenvalue weighted by atomic mass is 10.1. The number of nitrogens with zero attached hydrogens (tertiary/aromatic N) is 1. The molecule has 1 aliphatic heterocycles. The molecule has 2 aromatic rings. The number of sulfonamides is 1. The molecule has 0 amide bonds. The summed E-state index contributed by atoms with van der Waals surface area (Å²) in [6, 6.07) is 9.15. The highest BCUT2D eigenvalue weighted by molar-refractivity contribution is 7.89. The molecular weight excluding hydrogens is 304 g/mol. The van der Waals surface area contributed by atoms with E-state index in [1.807, 2.05) is 30.6 Å². The fraction of sp³-hybridized carbons (Fsp3) is 0.333. The van der Waals surface area contributed by atoms with Crippen molar-refractivity contribution in [3.8, 4) is 0 Å². The topological polar surface area (TPSA) is 49.4 Å². The molecule has 112 valence electrons. The molecule has 2 heterocycles. The van der Waals surface area contributed by atoms with Crippen molar-refractivity contribution in [3.63, 3.8) is 0 Å². The molecule has 0 aliphatic carbocycles. The summed E-state index contributed by atoms with van der Waals surface area (Å²) in [5, 5.41) is 5.09. The molecule has 0 unspecified atom stereocenters. The minimum absolute atomic E-state index is 0.376. The van der Waals surface area contributed by atoms with Crippen molar-refractivity contribution in [1.29, 1.82) is 0 Å². The van der Waals surface area contributed by atoms with E-state index in [2.05, 4.69) is 5.32 Å². The number of rotatable bonds is 4. The second-order valence-electron chi connectivity index (χ2n) is 5.13. The number of thiophene rings is 1. The largest absolute Gasteiger partial charge is 0.316 e. The minimum Gasteiger partial charge on any atom is -0.316 e. The molecule has 1 N–H and O–H groups in total. The highest BCUT2D eigenvalue weighted by atomic mass is 32.2. The van der Waals surface area contributed by atoms with Crippen LogP contribution < -0.4 is 5.32 Å². The smallest absolute Gasteiger partial charge is 0.243 e. The van der Waals surface area contributed by atoms with Gasteiger partial charge in [-0.05, 0) is 48.2 Å². The van der Waals surface area contributed by atoms with Gasteiger partial charge >= 0.3 is 0 Å². The van der Waals surface area contributed by atoms with E-state index in [0.29, 0.717) is 18.0 Å². The van der Waals surface area contributed by atoms with Crippen molar-refractivity contribution in [2.45, 2.75) is 24.4 Å². The van der Waals surface area contributed by atoms with Gasteiger partial charge in [0.15, 0.2) is 0 Å². The van der Waals surface area contributed by atoms with Gasteiger partial charge in [-0.15, -0.1) is 11.3 Å². The van der Waals surface area contributed by atoms with Crippen LogP contribution in [-0.2, 0) is 29.5 Å². The molecule has 1 aromatic carbocycles. The Labute approximate surface area is 129 Å². The Kier molecular flexibility index (Phi) is 4.12. The van der Waals surface area contributed by atoms with E-state index in [1.54, 1.807) is 27.8 Å². The molecule has 4 nitrogen and oxygen atoms in total. The fourth-order valence-corrected chi connectivity index (χ4v) is 4.87. The summed E-state index contributed by atoms with van der Waals surface area (Å²) in [7, 11) is -1.52. The van der Waals surface area contributed by atoms with E-state index in [4.69, 9.17) is 0 Å². The average Bonchev–Trinajstić information content (AvgIpc) is 2.95. The molecule has 0 spiro atoms. The van der Waals surface area contributed by atoms with Crippen LogP contribution in [0.15, 0.2) is 40.6 Å². The average molecular weight is 322 g/mol. The number of nitrogens with one attached hydrogen (secondary N) is 1. The first-order valence-electron chi connectivity index (χ1n) is 6.90. The summed E-state index contributed by atoms with van der Waals surface area (Å²) in [6.45, 7) is 1.79. The van der Waals surface area contributed by atoms with E-state index in [0.717, 1.165) is 24.1 Å². The quantitative estimate of drug-likeness (QED) is 0.939. The van der Waals surface area contributed by atoms with Crippen LogP contribution in [0.5, 0.6) is 0 Å². The summed E-state index contributed by atoms with van der Waals surface area (Å²) < 4.78 is 27.0. The van der Waals surface area contributed by atoms with Crippen LogP contribution in [0.3, 0.4) is 0 Å². The molecule has 0 bridgehead atoms. The number of hydrogen-bond acceptors (Lipinski definition) is 4. The molecule has 0 atom stereocenters. The minimum atomic E-state index is -3.40. The van der Waals surface area contributed by atoms with Crippen molar-refractivity contribution in [3.05, 3.63) is 51.7 Å². The van der Waals surface area contributed by atoms with Gasteiger partial charge in [0.25, 0.3) is 0 Å². The molecule has 3 rings (SSSR count). The summed E-state index contributed by atoms with van der Waals surface area (Å²) in [4.78, 5) is 1.69. The maximum atomic E-state index is 12.7. The van der Waals surface area contributed by atoms with Crippen LogP contribution in [0.2, 0.25) is 0 Å². The normalized spacial score (nSPS) is 15.9. The van der Waals surface area contributed by atoms with Crippen LogP contribution in [0.25, 0.3) is 0 Å². The van der Waals surface area contributed by atoms with Gasteiger partial charge in [0.1, 0.15) is 0 Å². The van der Waals surface area contributed by atoms with E-state index in [1.165, 1.54) is 4.88 Å². The maximum Gasteiger partial charge on any atom is 0.243 e. The van der Waals surface area contributed by atoms with Crippen LogP contribution in [0.1, 0.15) is 16.0 Å². The molecule has 0 saturated heterocycles. The molecule has 0 radical (unpaired) electrons. The Balaban J connectivity index is 1.84. The van der Waals surface area contributed by atoms with Crippen LogP contribution >= 0.6 is 11.3 Å². The predicted molar refractivity (Wildman–Crippen MR) is 84.8 cm³/mol. The zero-order valence-electron chi connectivity index (χ0n) is 11.9. The van der Waals surface area contributed by atoms with E-state index in [9.17, 15) is 8.42 Å². The first-order valence-corrected chi connectivity index (χ1v) is 9.22. The standard InChI is InChI=1S/C15H18N2O2S2/c1-16-10-12-2-4-14(5-3-12)21(18,19)17-8-6-15-13(11-17)7-9-20-15/h2-5,7,9,16H,6,8,10-11H2,1H3. The zero-order chi connectivity index (χ0) is 14.9. The molecule has 0 fully saturated rings. The van der Waals surface area contributed by atoms with Crippen LogP contribution in [-0.4, -0.2) is 26.3 Å². The van der Waals surface area contributed by atoms with Crippen LogP contribution in [0, 0.1) is 0 Å². The van der Waals surface area contributed by atoms with E-state index < -0.39 is 10.0 Å². The SMILES string of the molecule is CNCc1ccc(S(=O)(=O)N2CCc3sccc3C2)cc1. The second-order valence-corrected chi connectivity index (χ2v) is 8.07. The van der Waals surface area contributed by atoms with Gasteiger partial charge in [0.05, 0.1) is 4.90 Å². The van der Waals surface area contributed by atoms with Gasteiger partial charge in [0, 0.05) is 24.5 Å². The monoisotopic (exact) mass is 322 g/mol. The van der Waals surface area contributed by atoms with Gasteiger partial charge in [-0.25, -0.2) is 8.42 Å². The highest BCUT2D eigenvalue weighted by Crippen LogP contribution is 2.28. The van der Waals surface area contributed by atoms with E-state index >= 15 is 0 Å². The third-order valence-electron chi connectivity index (χ3n) is 3.71. The van der Waals surface area contributed by atoms with Crippen molar-refractivity contribution in [2.75, 3.05) is 13.6 Å². The molecule has 6 heteroatoms. The van der Waals surface area contributed by atoms with Crippen LogP contribution in [0.4, 0.5) is 0 Å². The highest BCUT2D eigenvalue weighted by Gasteiger charge is 2.28. The Bertz CT molecular complexity index is 720. The molecular formula is C15H18N2O2S2. The first-order chi connectivity index (χ1) is 10.1. The van der Waals surface area contributed by atoms with Crippen molar-refractivity contribution < 1.29 is 8.42 Å². The molecule has 21 heavy (non-hydrogen) atoms. The van der Waals surface area contributed by atoms with Gasteiger partial charge in [0.2, 0.25) is 10.0 Å². The number of fused-ring (bicyclic) bond motifs is 1. The summed E-state index contributed by atoms with van der Waals surface area (Å²) in [5.74, 6) is 0. The van der Waals surface area contributed by atoms with Crippen molar-refractivity contribution >= 4 is 21.4 Å². The predicted octanol–water partition coefficient (Wildman–Crippen LogP) is 2.21. The number of hydrogen-bond donors (Lipinski definition) is 1. The lowest BCUT2D eigenvalue weighted by molar-refractivity contribution is 0.394. The summed E-state index contributed by atoms with van der Waals surface area (Å²) >= 11 is 1.71. The molecule has 1 aromatic heterocycles. The Morgan fingerprint density at radius 1 is 1.24 bits per heavy atom. The van der Waals surface area contributed by atoms with Gasteiger partial charge in [-0.2, -0.15) is 4.31 Å². The lowest BCUT2D eigenvalue weighted by Gasteiger charge is -2.26. The number of benzene rings is 1. The molecule has 0 saturated carbocycles. The third-order valence-corrected chi connectivity index (χ3v) is 6.60. The Hall–Kier alpha value is -1.21. The van der Waals surface area contributed by atoms with Gasteiger partial charge < -0.3 is 5.32 Å². The van der Waals surface area contributed by atoms with Gasteiger partial charge in [-0.1, -0.05) is 12.1 Å². The van der Waals surface area contributed by atoms with Gasteiger partial charge in [-0.3, -0.25) is 0 Å². The lowest BCUT2D eigenvalue weighted by Crippen LogP contribution is -2.35. The van der Waals surface area contributed by atoms with Crippen molar-refractivity contribution in [2.24, 2.45) is 0 Å². The summed E-state index contributed by atoms with van der Waals surface area (Å²) in [5.41, 5.74) is 2.22. The summed E-state index contributed by atoms with van der Waals surface area (Å²) in [6.07, 6.45) is 0.810. The first kappa shape index (κ1) is 14.7.